The van der Waals surface area contributed by atoms with E-state index in [2.05, 4.69) is 4.72 Å². The lowest BCUT2D eigenvalue weighted by Gasteiger charge is -2.09. The van der Waals surface area contributed by atoms with Crippen LogP contribution in [0.1, 0.15) is 0 Å². The third-order valence-corrected chi connectivity index (χ3v) is 4.30. The van der Waals surface area contributed by atoms with Crippen LogP contribution in [0.4, 0.5) is 17.1 Å². The van der Waals surface area contributed by atoms with Gasteiger partial charge in [0, 0.05) is 12.1 Å². The van der Waals surface area contributed by atoms with Crippen LogP contribution in [0.5, 0.6) is 0 Å². The average molecular weight is 328 g/mol. The van der Waals surface area contributed by atoms with Gasteiger partial charge in [0.2, 0.25) is 0 Å². The minimum absolute atomic E-state index is 0.0807. The SMILES string of the molecule is Nc1ccc(S(=O)(=O)Nc2cccc([N+](=O)[O-])c2)cc1Cl. The summed E-state index contributed by atoms with van der Waals surface area (Å²) in [5.74, 6) is 0. The zero-order chi connectivity index (χ0) is 15.6. The quantitative estimate of drug-likeness (QED) is 0.508. The van der Waals surface area contributed by atoms with Crippen molar-refractivity contribution < 1.29 is 13.3 Å². The van der Waals surface area contributed by atoms with Gasteiger partial charge in [0.25, 0.3) is 15.7 Å². The number of benzene rings is 2. The Kier molecular flexibility index (Phi) is 4.01. The highest BCUT2D eigenvalue weighted by molar-refractivity contribution is 7.92. The molecule has 7 nitrogen and oxygen atoms in total. The average Bonchev–Trinajstić information content (AvgIpc) is 2.41. The van der Waals surface area contributed by atoms with Crippen LogP contribution in [-0.2, 0) is 10.0 Å². The minimum Gasteiger partial charge on any atom is -0.398 e. The van der Waals surface area contributed by atoms with Crippen molar-refractivity contribution in [1.29, 1.82) is 0 Å². The predicted molar refractivity (Wildman–Crippen MR) is 79.8 cm³/mol. The molecule has 110 valence electrons. The van der Waals surface area contributed by atoms with Gasteiger partial charge in [-0.15, -0.1) is 0 Å². The van der Waals surface area contributed by atoms with Crippen LogP contribution >= 0.6 is 11.6 Å². The minimum atomic E-state index is -3.91. The zero-order valence-corrected chi connectivity index (χ0v) is 12.1. The van der Waals surface area contributed by atoms with Crippen LogP contribution in [0.2, 0.25) is 5.02 Å². The lowest BCUT2D eigenvalue weighted by molar-refractivity contribution is -0.384. The van der Waals surface area contributed by atoms with Crippen LogP contribution in [0.3, 0.4) is 0 Å². The second-order valence-corrected chi connectivity index (χ2v) is 6.19. The Bertz CT molecular complexity index is 808. The molecular formula is C12H10ClN3O4S. The highest BCUT2D eigenvalue weighted by atomic mass is 35.5. The molecule has 0 aromatic heterocycles. The first-order chi connectivity index (χ1) is 9.79. The first kappa shape index (κ1) is 15.1. The number of nitrogens with two attached hydrogens (primary N) is 1. The summed E-state index contributed by atoms with van der Waals surface area (Å²) in [5, 5.41) is 10.8. The monoisotopic (exact) mass is 327 g/mol. The summed E-state index contributed by atoms with van der Waals surface area (Å²) in [6.07, 6.45) is 0. The number of non-ortho nitro benzene ring substituents is 1. The number of nitrogens with one attached hydrogen (secondary N) is 1. The van der Waals surface area contributed by atoms with E-state index < -0.39 is 14.9 Å². The third kappa shape index (κ3) is 3.41. The summed E-state index contributed by atoms with van der Waals surface area (Å²) in [7, 11) is -3.91. The summed E-state index contributed by atoms with van der Waals surface area (Å²) in [4.78, 5) is 9.97. The van der Waals surface area contributed by atoms with Crippen LogP contribution in [0.25, 0.3) is 0 Å². The maximum Gasteiger partial charge on any atom is 0.271 e. The van der Waals surface area contributed by atoms with E-state index >= 15 is 0 Å². The van der Waals surface area contributed by atoms with E-state index in [0.29, 0.717) is 0 Å². The molecule has 0 aliphatic carbocycles. The Morgan fingerprint density at radius 3 is 2.52 bits per heavy atom. The third-order valence-electron chi connectivity index (χ3n) is 2.59. The van der Waals surface area contributed by atoms with E-state index in [-0.39, 0.29) is 27.0 Å². The molecule has 21 heavy (non-hydrogen) atoms. The molecule has 0 saturated carbocycles. The summed E-state index contributed by atoms with van der Waals surface area (Å²) in [6.45, 7) is 0. The first-order valence-electron chi connectivity index (χ1n) is 5.62. The number of hydrogen-bond donors (Lipinski definition) is 2. The van der Waals surface area contributed by atoms with Gasteiger partial charge < -0.3 is 5.73 Å². The number of nitrogens with zero attached hydrogens (tertiary/aromatic N) is 1. The van der Waals surface area contributed by atoms with Crippen LogP contribution in [0.15, 0.2) is 47.4 Å². The Hall–Kier alpha value is -2.32. The standard InChI is InChI=1S/C12H10ClN3O4S/c13-11-7-10(4-5-12(11)14)21(19,20)15-8-2-1-3-9(6-8)16(17)18/h1-7,15H,14H2. The molecule has 0 bridgehead atoms. The van der Waals surface area contributed by atoms with Crippen molar-refractivity contribution in [1.82, 2.24) is 0 Å². The molecule has 3 N–H and O–H groups in total. The molecule has 2 rings (SSSR count). The maximum atomic E-state index is 12.2. The van der Waals surface area contributed by atoms with Crippen molar-refractivity contribution in [2.75, 3.05) is 10.5 Å². The summed E-state index contributed by atoms with van der Waals surface area (Å²) < 4.78 is 26.6. The van der Waals surface area contributed by atoms with E-state index in [1.807, 2.05) is 0 Å². The van der Waals surface area contributed by atoms with Gasteiger partial charge >= 0.3 is 0 Å². The molecule has 0 aliphatic heterocycles. The summed E-state index contributed by atoms with van der Waals surface area (Å²) >= 11 is 5.78. The number of halogens is 1. The van der Waals surface area contributed by atoms with Crippen molar-refractivity contribution in [2.24, 2.45) is 0 Å². The number of nitro groups is 1. The fourth-order valence-electron chi connectivity index (χ4n) is 1.57. The van der Waals surface area contributed by atoms with E-state index in [1.54, 1.807) is 0 Å². The molecule has 9 heteroatoms. The Morgan fingerprint density at radius 2 is 1.90 bits per heavy atom. The maximum absolute atomic E-state index is 12.2. The largest absolute Gasteiger partial charge is 0.398 e. The van der Waals surface area contributed by atoms with Gasteiger partial charge in [0.1, 0.15) is 0 Å². The molecular weight excluding hydrogens is 318 g/mol. The Labute approximate surface area is 125 Å². The Morgan fingerprint density at radius 1 is 1.19 bits per heavy atom. The zero-order valence-electron chi connectivity index (χ0n) is 10.5. The number of nitro benzene ring substituents is 1. The molecule has 2 aromatic carbocycles. The van der Waals surface area contributed by atoms with Gasteiger partial charge in [-0.25, -0.2) is 8.42 Å². The molecule has 0 heterocycles. The van der Waals surface area contributed by atoms with E-state index in [9.17, 15) is 18.5 Å². The summed E-state index contributed by atoms with van der Waals surface area (Å²) in [5.41, 5.74) is 5.63. The van der Waals surface area contributed by atoms with Crippen molar-refractivity contribution in [3.05, 3.63) is 57.6 Å². The molecule has 2 aromatic rings. The smallest absolute Gasteiger partial charge is 0.271 e. The van der Waals surface area contributed by atoms with Gasteiger partial charge in [-0.1, -0.05) is 17.7 Å². The first-order valence-corrected chi connectivity index (χ1v) is 7.48. The van der Waals surface area contributed by atoms with E-state index in [0.717, 1.165) is 6.07 Å². The lowest BCUT2D eigenvalue weighted by atomic mass is 10.3. The van der Waals surface area contributed by atoms with Crippen molar-refractivity contribution in [3.8, 4) is 0 Å². The second kappa shape index (κ2) is 5.58. The normalized spacial score (nSPS) is 11.1. The lowest BCUT2D eigenvalue weighted by Crippen LogP contribution is -2.13. The van der Waals surface area contributed by atoms with Crippen LogP contribution < -0.4 is 10.5 Å². The van der Waals surface area contributed by atoms with Gasteiger partial charge in [-0.3, -0.25) is 14.8 Å². The number of hydrogen-bond acceptors (Lipinski definition) is 5. The molecule has 0 radical (unpaired) electrons. The van der Waals surface area contributed by atoms with Gasteiger partial charge in [-0.05, 0) is 24.3 Å². The van der Waals surface area contributed by atoms with Gasteiger partial charge in [-0.2, -0.15) is 0 Å². The number of anilines is 2. The molecule has 0 amide bonds. The molecule has 0 spiro atoms. The molecule has 0 aliphatic rings. The Balaban J connectivity index is 2.35. The highest BCUT2D eigenvalue weighted by Gasteiger charge is 2.16. The fraction of sp³-hybridized carbons (Fsp3) is 0. The van der Waals surface area contributed by atoms with Crippen LogP contribution in [-0.4, -0.2) is 13.3 Å². The fourth-order valence-corrected chi connectivity index (χ4v) is 2.89. The van der Waals surface area contributed by atoms with E-state index in [1.165, 1.54) is 36.4 Å². The molecule has 0 fully saturated rings. The number of sulfonamides is 1. The highest BCUT2D eigenvalue weighted by Crippen LogP contribution is 2.25. The van der Waals surface area contributed by atoms with Crippen LogP contribution in [0, 0.1) is 10.1 Å². The van der Waals surface area contributed by atoms with Gasteiger partial charge in [0.05, 0.1) is 26.2 Å². The molecule has 0 atom stereocenters. The van der Waals surface area contributed by atoms with Crippen molar-refractivity contribution >= 4 is 38.7 Å². The molecule has 0 saturated heterocycles. The van der Waals surface area contributed by atoms with Gasteiger partial charge in [0.15, 0.2) is 0 Å². The van der Waals surface area contributed by atoms with E-state index in [4.69, 9.17) is 17.3 Å². The number of nitrogen functional groups attached to an aromatic ring is 1. The van der Waals surface area contributed by atoms with Crippen molar-refractivity contribution in [2.45, 2.75) is 4.90 Å². The topological polar surface area (TPSA) is 115 Å². The molecule has 0 unspecified atom stereocenters. The number of rotatable bonds is 4. The summed E-state index contributed by atoms with van der Waals surface area (Å²) in [6, 6.07) is 9.03. The van der Waals surface area contributed by atoms with Crippen molar-refractivity contribution in [3.63, 3.8) is 0 Å². The second-order valence-electron chi connectivity index (χ2n) is 4.10. The predicted octanol–water partition coefficient (Wildman–Crippen LogP) is 2.63.